The largest absolute Gasteiger partial charge is 0.357 e. The molecule has 2 aromatic rings. The van der Waals surface area contributed by atoms with Gasteiger partial charge in [-0.05, 0) is 36.0 Å². The molecule has 3 rings (SSSR count). The van der Waals surface area contributed by atoms with Crippen LogP contribution in [0.15, 0.2) is 64.6 Å². The van der Waals surface area contributed by atoms with E-state index in [4.69, 9.17) is 0 Å². The molecule has 1 aromatic carbocycles. The fourth-order valence-corrected chi connectivity index (χ4v) is 2.56. The fraction of sp³-hybridized carbons (Fsp3) is 0.0714. The summed E-state index contributed by atoms with van der Waals surface area (Å²) in [5.41, 5.74) is 1.81. The zero-order valence-corrected chi connectivity index (χ0v) is 11.4. The van der Waals surface area contributed by atoms with Gasteiger partial charge in [0.15, 0.2) is 5.16 Å². The van der Waals surface area contributed by atoms with Crippen LogP contribution in [0.4, 0.5) is 5.69 Å². The molecule has 100 valence electrons. The van der Waals surface area contributed by atoms with E-state index in [0.29, 0.717) is 11.7 Å². The van der Waals surface area contributed by atoms with Gasteiger partial charge in [0.2, 0.25) is 5.91 Å². The molecule has 1 amide bonds. The number of aromatic nitrogens is 2. The molecule has 2 heterocycles. The van der Waals surface area contributed by atoms with Gasteiger partial charge in [-0.3, -0.25) is 4.79 Å². The van der Waals surface area contributed by atoms with E-state index in [-0.39, 0.29) is 5.91 Å². The third kappa shape index (κ3) is 3.16. The van der Waals surface area contributed by atoms with E-state index < -0.39 is 0 Å². The lowest BCUT2D eigenvalue weighted by Gasteiger charge is -2.08. The van der Waals surface area contributed by atoms with Crippen molar-refractivity contribution >= 4 is 23.4 Å². The molecule has 0 unspecified atom stereocenters. The molecule has 1 aromatic heterocycles. The van der Waals surface area contributed by atoms with Crippen molar-refractivity contribution in [2.75, 3.05) is 11.9 Å². The third-order valence-corrected chi connectivity index (χ3v) is 3.53. The Kier molecular flexibility index (Phi) is 3.64. The minimum atomic E-state index is -0.0595. The Morgan fingerprint density at radius 1 is 1.20 bits per heavy atom. The van der Waals surface area contributed by atoms with E-state index in [0.717, 1.165) is 16.3 Å². The van der Waals surface area contributed by atoms with Gasteiger partial charge in [0.1, 0.15) is 0 Å². The Hall–Kier alpha value is -2.34. The van der Waals surface area contributed by atoms with Gasteiger partial charge >= 0.3 is 0 Å². The average Bonchev–Trinajstić information content (AvgIpc) is 2.86. The predicted octanol–water partition coefficient (Wildman–Crippen LogP) is 2.05. The first-order valence-electron chi connectivity index (χ1n) is 6.10. The van der Waals surface area contributed by atoms with Crippen LogP contribution in [-0.2, 0) is 4.79 Å². The molecule has 1 aliphatic heterocycles. The third-order valence-electron chi connectivity index (χ3n) is 2.65. The number of hydrogen-bond acceptors (Lipinski definition) is 5. The molecular formula is C14H12N4OS. The second kappa shape index (κ2) is 5.75. The summed E-state index contributed by atoms with van der Waals surface area (Å²) in [5, 5.41) is 6.66. The van der Waals surface area contributed by atoms with E-state index in [9.17, 15) is 4.79 Å². The van der Waals surface area contributed by atoms with Gasteiger partial charge in [-0.15, -0.1) is 0 Å². The minimum absolute atomic E-state index is 0.0595. The maximum atomic E-state index is 11.1. The number of amides is 1. The highest BCUT2D eigenvalue weighted by molar-refractivity contribution is 7.99. The summed E-state index contributed by atoms with van der Waals surface area (Å²) < 4.78 is 0. The standard InChI is InChI=1S/C14H12N4OS/c19-13-8-11(9-17-13)18-10-3-1-4-12(7-10)20-14-15-5-2-6-16-14/h1-8,18H,9H2,(H,17,19). The van der Waals surface area contributed by atoms with Gasteiger partial charge < -0.3 is 10.6 Å². The highest BCUT2D eigenvalue weighted by atomic mass is 32.2. The van der Waals surface area contributed by atoms with E-state index in [1.165, 1.54) is 11.8 Å². The van der Waals surface area contributed by atoms with Crippen LogP contribution in [0.2, 0.25) is 0 Å². The molecule has 6 heteroatoms. The van der Waals surface area contributed by atoms with E-state index >= 15 is 0 Å². The smallest absolute Gasteiger partial charge is 0.246 e. The molecule has 0 spiro atoms. The Balaban J connectivity index is 1.73. The van der Waals surface area contributed by atoms with Crippen LogP contribution in [0, 0.1) is 0 Å². The normalized spacial score (nSPS) is 13.8. The molecule has 0 aliphatic carbocycles. The van der Waals surface area contributed by atoms with Crippen molar-refractivity contribution in [3.05, 3.63) is 54.5 Å². The number of rotatable bonds is 4. The summed E-state index contributed by atoms with van der Waals surface area (Å²) in [6, 6.07) is 9.71. The average molecular weight is 284 g/mol. The number of anilines is 1. The molecule has 0 saturated carbocycles. The van der Waals surface area contributed by atoms with E-state index in [2.05, 4.69) is 20.6 Å². The van der Waals surface area contributed by atoms with Crippen LogP contribution in [0.1, 0.15) is 0 Å². The topological polar surface area (TPSA) is 66.9 Å². The number of nitrogens with one attached hydrogen (secondary N) is 2. The zero-order valence-electron chi connectivity index (χ0n) is 10.5. The predicted molar refractivity (Wildman–Crippen MR) is 77.3 cm³/mol. The second-order valence-corrected chi connectivity index (χ2v) is 5.21. The number of carbonyl (C=O) groups excluding carboxylic acids is 1. The molecule has 20 heavy (non-hydrogen) atoms. The summed E-state index contributed by atoms with van der Waals surface area (Å²) in [7, 11) is 0. The lowest BCUT2D eigenvalue weighted by atomic mass is 10.3. The maximum Gasteiger partial charge on any atom is 0.246 e. The first kappa shape index (κ1) is 12.7. The Morgan fingerprint density at radius 2 is 2.05 bits per heavy atom. The number of hydrogen-bond donors (Lipinski definition) is 2. The van der Waals surface area contributed by atoms with Crippen molar-refractivity contribution in [3.63, 3.8) is 0 Å². The number of benzene rings is 1. The van der Waals surface area contributed by atoms with Gasteiger partial charge in [-0.2, -0.15) is 0 Å². The van der Waals surface area contributed by atoms with Crippen molar-refractivity contribution in [3.8, 4) is 0 Å². The van der Waals surface area contributed by atoms with E-state index in [1.807, 2.05) is 24.3 Å². The summed E-state index contributed by atoms with van der Waals surface area (Å²) in [6.45, 7) is 0.540. The summed E-state index contributed by atoms with van der Waals surface area (Å²) in [4.78, 5) is 20.5. The highest BCUT2D eigenvalue weighted by Crippen LogP contribution is 2.26. The number of carbonyl (C=O) groups is 1. The van der Waals surface area contributed by atoms with Crippen molar-refractivity contribution < 1.29 is 4.79 Å². The van der Waals surface area contributed by atoms with E-state index in [1.54, 1.807) is 24.5 Å². The van der Waals surface area contributed by atoms with Crippen molar-refractivity contribution in [1.82, 2.24) is 15.3 Å². The first-order valence-corrected chi connectivity index (χ1v) is 6.91. The number of nitrogens with zero attached hydrogens (tertiary/aromatic N) is 2. The molecule has 5 nitrogen and oxygen atoms in total. The Bertz CT molecular complexity index is 657. The van der Waals surface area contributed by atoms with Gasteiger partial charge in [0.05, 0.1) is 6.54 Å². The SMILES string of the molecule is O=C1C=C(Nc2cccc(Sc3ncccn3)c2)CN1. The lowest BCUT2D eigenvalue weighted by Crippen LogP contribution is -2.16. The minimum Gasteiger partial charge on any atom is -0.357 e. The maximum absolute atomic E-state index is 11.1. The lowest BCUT2D eigenvalue weighted by molar-refractivity contribution is -0.115. The molecule has 0 radical (unpaired) electrons. The van der Waals surface area contributed by atoms with Crippen molar-refractivity contribution in [2.45, 2.75) is 10.1 Å². The van der Waals surface area contributed by atoms with Crippen LogP contribution >= 0.6 is 11.8 Å². The Morgan fingerprint density at radius 3 is 2.80 bits per heavy atom. The summed E-state index contributed by atoms with van der Waals surface area (Å²) in [6.07, 6.45) is 5.01. The van der Waals surface area contributed by atoms with Gasteiger partial charge in [-0.1, -0.05) is 6.07 Å². The molecular weight excluding hydrogens is 272 g/mol. The van der Waals surface area contributed by atoms with Crippen LogP contribution in [0.25, 0.3) is 0 Å². The zero-order chi connectivity index (χ0) is 13.8. The van der Waals surface area contributed by atoms with Gasteiger partial charge in [0, 0.05) is 34.7 Å². The molecule has 0 bridgehead atoms. The fourth-order valence-electron chi connectivity index (χ4n) is 1.79. The molecule has 1 aliphatic rings. The molecule has 0 atom stereocenters. The first-order chi connectivity index (χ1) is 9.79. The van der Waals surface area contributed by atoms with Crippen molar-refractivity contribution in [1.29, 1.82) is 0 Å². The highest BCUT2D eigenvalue weighted by Gasteiger charge is 2.10. The van der Waals surface area contributed by atoms with Gasteiger partial charge in [-0.25, -0.2) is 9.97 Å². The molecule has 2 N–H and O–H groups in total. The van der Waals surface area contributed by atoms with Crippen LogP contribution < -0.4 is 10.6 Å². The summed E-state index contributed by atoms with van der Waals surface area (Å²) in [5.74, 6) is -0.0595. The monoisotopic (exact) mass is 284 g/mol. The van der Waals surface area contributed by atoms with Crippen LogP contribution in [-0.4, -0.2) is 22.4 Å². The Labute approximate surface area is 120 Å². The van der Waals surface area contributed by atoms with Crippen LogP contribution in [0.3, 0.4) is 0 Å². The molecule has 0 fully saturated rings. The van der Waals surface area contributed by atoms with Crippen molar-refractivity contribution in [2.24, 2.45) is 0 Å². The summed E-state index contributed by atoms with van der Waals surface area (Å²) >= 11 is 1.50. The van der Waals surface area contributed by atoms with Crippen LogP contribution in [0.5, 0.6) is 0 Å². The molecule has 0 saturated heterocycles. The van der Waals surface area contributed by atoms with Gasteiger partial charge in [0.25, 0.3) is 0 Å². The second-order valence-electron chi connectivity index (χ2n) is 4.17. The quantitative estimate of drug-likeness (QED) is 0.841.